The quantitative estimate of drug-likeness (QED) is 0.696. The number of halogens is 1. The smallest absolute Gasteiger partial charge is 0.231 e. The minimum Gasteiger partial charge on any atom is -0.481 e. The molecule has 16 heavy (non-hydrogen) atoms. The molecule has 4 nitrogen and oxygen atoms in total. The van der Waals surface area contributed by atoms with Crippen LogP contribution in [0.1, 0.15) is 0 Å². The molecule has 0 aliphatic rings. The van der Waals surface area contributed by atoms with E-state index in [1.54, 1.807) is 13.2 Å². The van der Waals surface area contributed by atoms with Crippen molar-refractivity contribution < 1.29 is 4.74 Å². The van der Waals surface area contributed by atoms with Gasteiger partial charge in [-0.3, -0.25) is 0 Å². The largest absolute Gasteiger partial charge is 0.481 e. The first kappa shape index (κ1) is 11.1. The van der Waals surface area contributed by atoms with Crippen molar-refractivity contribution in [1.29, 1.82) is 0 Å². The van der Waals surface area contributed by atoms with Gasteiger partial charge in [0.05, 0.1) is 7.11 Å². The van der Waals surface area contributed by atoms with Gasteiger partial charge in [0.15, 0.2) is 0 Å². The van der Waals surface area contributed by atoms with E-state index in [1.807, 2.05) is 30.3 Å². The molecule has 0 unspecified atom stereocenters. The van der Waals surface area contributed by atoms with Gasteiger partial charge >= 0.3 is 0 Å². The predicted molar refractivity (Wildman–Crippen MR) is 71.0 cm³/mol. The van der Waals surface area contributed by atoms with E-state index in [2.05, 4.69) is 37.9 Å². The maximum Gasteiger partial charge on any atom is 0.231 e. The molecule has 0 saturated heterocycles. The van der Waals surface area contributed by atoms with Crippen molar-refractivity contribution in [1.82, 2.24) is 9.97 Å². The Morgan fingerprint density at radius 1 is 1.19 bits per heavy atom. The van der Waals surface area contributed by atoms with E-state index in [0.717, 1.165) is 9.39 Å². The molecule has 1 aromatic carbocycles. The van der Waals surface area contributed by atoms with Crippen molar-refractivity contribution in [2.24, 2.45) is 0 Å². The van der Waals surface area contributed by atoms with Gasteiger partial charge in [0.1, 0.15) is 3.70 Å². The second-order valence-corrected chi connectivity index (χ2v) is 4.15. The molecule has 1 N–H and O–H groups in total. The fraction of sp³-hybridized carbons (Fsp3) is 0.0909. The van der Waals surface area contributed by atoms with Crippen molar-refractivity contribution in [3.05, 3.63) is 40.1 Å². The molecule has 1 heterocycles. The van der Waals surface area contributed by atoms with E-state index in [-0.39, 0.29) is 0 Å². The minimum absolute atomic E-state index is 0.537. The number of aromatic nitrogens is 2. The maximum atomic E-state index is 5.08. The average molecular weight is 327 g/mol. The second-order valence-electron chi connectivity index (χ2n) is 3.05. The van der Waals surface area contributed by atoms with Gasteiger partial charge in [-0.05, 0) is 34.7 Å². The molecular weight excluding hydrogens is 317 g/mol. The van der Waals surface area contributed by atoms with E-state index < -0.39 is 0 Å². The molecule has 0 aliphatic carbocycles. The highest BCUT2D eigenvalue weighted by molar-refractivity contribution is 14.1. The van der Waals surface area contributed by atoms with Crippen LogP contribution in [0.2, 0.25) is 0 Å². The Balaban J connectivity index is 2.24. The highest BCUT2D eigenvalue weighted by atomic mass is 127. The predicted octanol–water partition coefficient (Wildman–Crippen LogP) is 2.83. The van der Waals surface area contributed by atoms with E-state index in [4.69, 9.17) is 4.74 Å². The van der Waals surface area contributed by atoms with E-state index in [1.165, 1.54) is 0 Å². The number of methoxy groups -OCH3 is 1. The standard InChI is InChI=1S/C11H10IN3O/c1-16-10-7-9(12)14-11(15-10)13-8-5-3-2-4-6-8/h2-7H,1H3,(H,13,14,15). The first-order chi connectivity index (χ1) is 7.78. The Labute approximate surface area is 107 Å². The molecule has 5 heteroatoms. The van der Waals surface area contributed by atoms with Crippen molar-refractivity contribution in [3.63, 3.8) is 0 Å². The number of hydrogen-bond acceptors (Lipinski definition) is 4. The molecule has 0 amide bonds. The van der Waals surface area contributed by atoms with Crippen LogP contribution in [0, 0.1) is 3.70 Å². The summed E-state index contributed by atoms with van der Waals surface area (Å²) in [7, 11) is 1.59. The van der Waals surface area contributed by atoms with Gasteiger partial charge < -0.3 is 10.1 Å². The van der Waals surface area contributed by atoms with Crippen LogP contribution >= 0.6 is 22.6 Å². The Morgan fingerprint density at radius 2 is 1.94 bits per heavy atom. The number of ether oxygens (including phenoxy) is 1. The number of nitrogens with zero attached hydrogens (tertiary/aromatic N) is 2. The van der Waals surface area contributed by atoms with Crippen molar-refractivity contribution in [2.45, 2.75) is 0 Å². The number of nitrogens with one attached hydrogen (secondary N) is 1. The lowest BCUT2D eigenvalue weighted by Gasteiger charge is -2.06. The van der Waals surface area contributed by atoms with Gasteiger partial charge in [-0.25, -0.2) is 4.98 Å². The lowest BCUT2D eigenvalue weighted by atomic mass is 10.3. The third-order valence-electron chi connectivity index (χ3n) is 1.91. The summed E-state index contributed by atoms with van der Waals surface area (Å²) in [6, 6.07) is 11.5. The fourth-order valence-electron chi connectivity index (χ4n) is 1.21. The summed E-state index contributed by atoms with van der Waals surface area (Å²) < 4.78 is 5.91. The van der Waals surface area contributed by atoms with Crippen LogP contribution < -0.4 is 10.1 Å². The topological polar surface area (TPSA) is 47.0 Å². The summed E-state index contributed by atoms with van der Waals surface area (Å²) in [5, 5.41) is 3.11. The molecule has 2 rings (SSSR count). The Kier molecular flexibility index (Phi) is 3.55. The number of hydrogen-bond donors (Lipinski definition) is 1. The van der Waals surface area contributed by atoms with Crippen LogP contribution in [-0.4, -0.2) is 17.1 Å². The number of para-hydroxylation sites is 1. The summed E-state index contributed by atoms with van der Waals surface area (Å²) in [6.45, 7) is 0. The summed E-state index contributed by atoms with van der Waals surface area (Å²) in [5.74, 6) is 1.09. The van der Waals surface area contributed by atoms with Gasteiger partial charge in [0.25, 0.3) is 0 Å². The van der Waals surface area contributed by atoms with Gasteiger partial charge in [-0.2, -0.15) is 4.98 Å². The van der Waals surface area contributed by atoms with Gasteiger partial charge in [0, 0.05) is 11.8 Å². The molecule has 1 aromatic heterocycles. The van der Waals surface area contributed by atoms with Crippen LogP contribution in [0.4, 0.5) is 11.6 Å². The number of benzene rings is 1. The number of rotatable bonds is 3. The molecule has 0 saturated carbocycles. The molecule has 82 valence electrons. The molecule has 0 aliphatic heterocycles. The summed E-state index contributed by atoms with van der Waals surface area (Å²) in [5.41, 5.74) is 0.951. The fourth-order valence-corrected chi connectivity index (χ4v) is 1.70. The lowest BCUT2D eigenvalue weighted by Crippen LogP contribution is -2.00. The third kappa shape index (κ3) is 2.82. The molecule has 0 spiro atoms. The second kappa shape index (κ2) is 5.11. The van der Waals surface area contributed by atoms with E-state index in [9.17, 15) is 0 Å². The molecular formula is C11H10IN3O. The molecule has 0 bridgehead atoms. The highest BCUT2D eigenvalue weighted by Crippen LogP contribution is 2.17. The summed E-state index contributed by atoms with van der Waals surface area (Å²) in [4.78, 5) is 8.46. The molecule has 0 fully saturated rings. The molecule has 0 atom stereocenters. The van der Waals surface area contributed by atoms with Crippen molar-refractivity contribution in [3.8, 4) is 5.88 Å². The van der Waals surface area contributed by atoms with Crippen molar-refractivity contribution >= 4 is 34.2 Å². The van der Waals surface area contributed by atoms with E-state index >= 15 is 0 Å². The Hall–Kier alpha value is -1.37. The number of anilines is 2. The molecule has 2 aromatic rings. The van der Waals surface area contributed by atoms with Gasteiger partial charge in [-0.15, -0.1) is 0 Å². The Morgan fingerprint density at radius 3 is 2.62 bits per heavy atom. The van der Waals surface area contributed by atoms with Crippen LogP contribution in [-0.2, 0) is 0 Å². The summed E-state index contributed by atoms with van der Waals surface area (Å²) in [6.07, 6.45) is 0. The van der Waals surface area contributed by atoms with E-state index in [0.29, 0.717) is 11.8 Å². The lowest BCUT2D eigenvalue weighted by molar-refractivity contribution is 0.397. The normalized spacial score (nSPS) is 9.88. The molecule has 0 radical (unpaired) electrons. The first-order valence-corrected chi connectivity index (χ1v) is 5.76. The van der Waals surface area contributed by atoms with Crippen LogP contribution in [0.25, 0.3) is 0 Å². The highest BCUT2D eigenvalue weighted by Gasteiger charge is 2.02. The minimum atomic E-state index is 0.537. The van der Waals surface area contributed by atoms with Crippen LogP contribution in [0.3, 0.4) is 0 Å². The Bertz CT molecular complexity index is 476. The van der Waals surface area contributed by atoms with Gasteiger partial charge in [-0.1, -0.05) is 18.2 Å². The first-order valence-electron chi connectivity index (χ1n) is 4.68. The average Bonchev–Trinajstić information content (AvgIpc) is 2.29. The van der Waals surface area contributed by atoms with Crippen LogP contribution in [0.15, 0.2) is 36.4 Å². The summed E-state index contributed by atoms with van der Waals surface area (Å²) >= 11 is 2.13. The zero-order valence-electron chi connectivity index (χ0n) is 8.64. The van der Waals surface area contributed by atoms with Crippen LogP contribution in [0.5, 0.6) is 5.88 Å². The third-order valence-corrected chi connectivity index (χ3v) is 2.46. The zero-order chi connectivity index (χ0) is 11.4. The monoisotopic (exact) mass is 327 g/mol. The zero-order valence-corrected chi connectivity index (χ0v) is 10.8. The van der Waals surface area contributed by atoms with Gasteiger partial charge in [0.2, 0.25) is 11.8 Å². The van der Waals surface area contributed by atoms with Crippen molar-refractivity contribution in [2.75, 3.05) is 12.4 Å². The SMILES string of the molecule is COc1cc(I)nc(Nc2ccccc2)n1. The maximum absolute atomic E-state index is 5.08.